The Morgan fingerprint density at radius 2 is 1.74 bits per heavy atom. The van der Waals surface area contributed by atoms with Crippen molar-refractivity contribution < 1.29 is 23.8 Å². The largest absolute Gasteiger partial charge is 0.497 e. The van der Waals surface area contributed by atoms with Crippen LogP contribution in [0.3, 0.4) is 0 Å². The maximum absolute atomic E-state index is 11.5. The fourth-order valence-corrected chi connectivity index (χ4v) is 2.39. The predicted molar refractivity (Wildman–Crippen MR) is 67.2 cm³/mol. The number of ether oxygens (including phenoxy) is 3. The van der Waals surface area contributed by atoms with Gasteiger partial charge in [-0.3, -0.25) is 9.59 Å². The number of benzene rings is 1. The Morgan fingerprint density at radius 1 is 1.11 bits per heavy atom. The number of rotatable bonds is 3. The summed E-state index contributed by atoms with van der Waals surface area (Å²) < 4.78 is 15.0. The average molecular weight is 264 g/mol. The van der Waals surface area contributed by atoms with Crippen LogP contribution in [0, 0.1) is 0 Å². The summed E-state index contributed by atoms with van der Waals surface area (Å²) in [5, 5.41) is 0. The molecule has 0 bridgehead atoms. The van der Waals surface area contributed by atoms with Crippen molar-refractivity contribution >= 4 is 11.9 Å². The van der Waals surface area contributed by atoms with Gasteiger partial charge >= 0.3 is 11.9 Å². The van der Waals surface area contributed by atoms with Crippen LogP contribution in [-0.2, 0) is 19.7 Å². The first-order valence-corrected chi connectivity index (χ1v) is 5.94. The summed E-state index contributed by atoms with van der Waals surface area (Å²) in [6, 6.07) is 5.35. The number of esters is 2. The van der Waals surface area contributed by atoms with E-state index in [1.807, 2.05) is 13.0 Å². The average Bonchev–Trinajstić information content (AvgIpc) is 2.36. The van der Waals surface area contributed by atoms with E-state index in [2.05, 4.69) is 4.74 Å². The Morgan fingerprint density at radius 3 is 2.26 bits per heavy atom. The van der Waals surface area contributed by atoms with Gasteiger partial charge in [0.05, 0.1) is 27.1 Å². The smallest absolute Gasteiger partial charge is 0.314 e. The summed E-state index contributed by atoms with van der Waals surface area (Å²) in [7, 11) is 3.11. The Balaban J connectivity index is 2.44. The normalized spacial score (nSPS) is 17.8. The molecule has 0 radical (unpaired) electrons. The highest BCUT2D eigenvalue weighted by Gasteiger charge is 2.40. The van der Waals surface area contributed by atoms with E-state index in [4.69, 9.17) is 9.47 Å². The first kappa shape index (κ1) is 13.4. The molecule has 1 fully saturated rings. The molecule has 1 aliphatic heterocycles. The second-order valence-corrected chi connectivity index (χ2v) is 4.83. The molecular weight excluding hydrogens is 248 g/mol. The van der Waals surface area contributed by atoms with Gasteiger partial charge in [0.2, 0.25) is 0 Å². The van der Waals surface area contributed by atoms with Crippen LogP contribution in [0.25, 0.3) is 0 Å². The van der Waals surface area contributed by atoms with Gasteiger partial charge in [-0.15, -0.1) is 0 Å². The van der Waals surface area contributed by atoms with Gasteiger partial charge in [0.15, 0.2) is 0 Å². The third-order valence-corrected chi connectivity index (χ3v) is 3.36. The number of carbonyl (C=O) groups is 2. The molecule has 1 aliphatic rings. The van der Waals surface area contributed by atoms with E-state index in [1.165, 1.54) is 0 Å². The predicted octanol–water partition coefficient (Wildman–Crippen LogP) is 1.83. The van der Waals surface area contributed by atoms with Crippen molar-refractivity contribution in [1.82, 2.24) is 0 Å². The zero-order chi connectivity index (χ0) is 14.0. The number of hydrogen-bond acceptors (Lipinski definition) is 5. The van der Waals surface area contributed by atoms with Crippen LogP contribution in [0.4, 0.5) is 0 Å². The Bertz CT molecular complexity index is 505. The lowest BCUT2D eigenvalue weighted by atomic mass is 9.75. The van der Waals surface area contributed by atoms with Crippen LogP contribution in [0.15, 0.2) is 18.2 Å². The lowest BCUT2D eigenvalue weighted by molar-refractivity contribution is -0.166. The van der Waals surface area contributed by atoms with Crippen LogP contribution in [0.2, 0.25) is 0 Å². The summed E-state index contributed by atoms with van der Waals surface area (Å²) in [5.74, 6) is 0.256. The summed E-state index contributed by atoms with van der Waals surface area (Å²) in [5.41, 5.74) is 0.199. The third-order valence-electron chi connectivity index (χ3n) is 3.36. The maximum atomic E-state index is 11.5. The van der Waals surface area contributed by atoms with E-state index in [9.17, 15) is 9.59 Å². The van der Waals surface area contributed by atoms with Crippen LogP contribution in [-0.4, -0.2) is 26.2 Å². The van der Waals surface area contributed by atoms with E-state index in [0.717, 1.165) is 5.56 Å². The summed E-state index contributed by atoms with van der Waals surface area (Å²) in [4.78, 5) is 23.0. The molecule has 0 atom stereocenters. The van der Waals surface area contributed by atoms with Gasteiger partial charge in [0.25, 0.3) is 0 Å². The quantitative estimate of drug-likeness (QED) is 0.615. The van der Waals surface area contributed by atoms with Crippen molar-refractivity contribution in [2.45, 2.75) is 25.2 Å². The highest BCUT2D eigenvalue weighted by atomic mass is 16.6. The van der Waals surface area contributed by atoms with E-state index < -0.39 is 17.4 Å². The number of methoxy groups -OCH3 is 2. The van der Waals surface area contributed by atoms with Gasteiger partial charge in [-0.25, -0.2) is 0 Å². The number of hydrogen-bond donors (Lipinski definition) is 0. The van der Waals surface area contributed by atoms with Gasteiger partial charge in [-0.1, -0.05) is 13.0 Å². The standard InChI is InChI=1S/C14H16O5/c1-14(7-12(15)19-13(16)8-14)10-5-4-9(17-2)6-11(10)18-3/h4-6H,7-8H2,1-3H3. The van der Waals surface area contributed by atoms with Gasteiger partial charge in [0.1, 0.15) is 11.5 Å². The zero-order valence-corrected chi connectivity index (χ0v) is 11.2. The van der Waals surface area contributed by atoms with Crippen LogP contribution < -0.4 is 9.47 Å². The number of carbonyl (C=O) groups excluding carboxylic acids is 2. The Kier molecular flexibility index (Phi) is 3.46. The fourth-order valence-electron chi connectivity index (χ4n) is 2.39. The van der Waals surface area contributed by atoms with E-state index in [0.29, 0.717) is 11.5 Å². The first-order valence-electron chi connectivity index (χ1n) is 5.94. The highest BCUT2D eigenvalue weighted by molar-refractivity contribution is 5.90. The molecule has 5 nitrogen and oxygen atoms in total. The van der Waals surface area contributed by atoms with Gasteiger partial charge in [0, 0.05) is 17.0 Å². The molecule has 0 saturated carbocycles. The third kappa shape index (κ3) is 2.54. The molecule has 0 amide bonds. The van der Waals surface area contributed by atoms with Gasteiger partial charge in [-0.2, -0.15) is 0 Å². The lowest BCUT2D eigenvalue weighted by Gasteiger charge is -2.32. The lowest BCUT2D eigenvalue weighted by Crippen LogP contribution is -2.37. The molecule has 1 aromatic carbocycles. The van der Waals surface area contributed by atoms with Crippen molar-refractivity contribution in [2.75, 3.05) is 14.2 Å². The minimum absolute atomic E-state index is 0.154. The Hall–Kier alpha value is -2.04. The topological polar surface area (TPSA) is 61.8 Å². The van der Waals surface area contributed by atoms with Crippen molar-refractivity contribution in [1.29, 1.82) is 0 Å². The Labute approximate surface area is 111 Å². The summed E-state index contributed by atoms with van der Waals surface area (Å²) in [6.45, 7) is 1.86. The molecule has 2 rings (SSSR count). The number of cyclic esters (lactones) is 2. The van der Waals surface area contributed by atoms with E-state index in [-0.39, 0.29) is 12.8 Å². The summed E-state index contributed by atoms with van der Waals surface area (Å²) in [6.07, 6.45) is 0.308. The van der Waals surface area contributed by atoms with Crippen molar-refractivity contribution in [2.24, 2.45) is 0 Å². The molecule has 0 aromatic heterocycles. The molecule has 0 aliphatic carbocycles. The molecule has 0 spiro atoms. The van der Waals surface area contributed by atoms with E-state index in [1.54, 1.807) is 26.4 Å². The zero-order valence-electron chi connectivity index (χ0n) is 11.2. The molecule has 0 unspecified atom stereocenters. The molecule has 1 heterocycles. The molecule has 5 heteroatoms. The molecular formula is C14H16O5. The van der Waals surface area contributed by atoms with Crippen molar-refractivity contribution in [3.8, 4) is 11.5 Å². The second-order valence-electron chi connectivity index (χ2n) is 4.83. The van der Waals surface area contributed by atoms with Crippen LogP contribution in [0.5, 0.6) is 11.5 Å². The van der Waals surface area contributed by atoms with Gasteiger partial charge < -0.3 is 14.2 Å². The fraction of sp³-hybridized carbons (Fsp3) is 0.429. The van der Waals surface area contributed by atoms with E-state index >= 15 is 0 Å². The molecule has 0 N–H and O–H groups in total. The summed E-state index contributed by atoms with van der Waals surface area (Å²) >= 11 is 0. The monoisotopic (exact) mass is 264 g/mol. The molecule has 102 valence electrons. The molecule has 1 saturated heterocycles. The van der Waals surface area contributed by atoms with Crippen molar-refractivity contribution in [3.05, 3.63) is 23.8 Å². The van der Waals surface area contributed by atoms with Crippen LogP contribution in [0.1, 0.15) is 25.3 Å². The minimum atomic E-state index is -0.607. The second kappa shape index (κ2) is 4.91. The van der Waals surface area contributed by atoms with Crippen molar-refractivity contribution in [3.63, 3.8) is 0 Å². The maximum Gasteiger partial charge on any atom is 0.314 e. The SMILES string of the molecule is COc1ccc(C2(C)CC(=O)OC(=O)C2)c(OC)c1. The van der Waals surface area contributed by atoms with Crippen LogP contribution >= 0.6 is 0 Å². The molecule has 19 heavy (non-hydrogen) atoms. The van der Waals surface area contributed by atoms with Gasteiger partial charge in [-0.05, 0) is 6.07 Å². The first-order chi connectivity index (χ1) is 8.98. The highest BCUT2D eigenvalue weighted by Crippen LogP contribution is 2.41. The minimum Gasteiger partial charge on any atom is -0.497 e. The molecule has 1 aromatic rings.